The SMILES string of the molecule is Cc1cc(C)cc(-n2c(C)cc(/C=N\NC(=O)CC[C@@H](O)c3ccccc3)c2C)c1. The largest absolute Gasteiger partial charge is 0.388 e. The van der Waals surface area contributed by atoms with E-state index in [0.717, 1.165) is 28.2 Å². The van der Waals surface area contributed by atoms with Gasteiger partial charge in [0.1, 0.15) is 0 Å². The van der Waals surface area contributed by atoms with Crippen LogP contribution in [0.3, 0.4) is 0 Å². The van der Waals surface area contributed by atoms with Gasteiger partial charge in [0.2, 0.25) is 5.91 Å². The summed E-state index contributed by atoms with van der Waals surface area (Å²) < 4.78 is 2.19. The van der Waals surface area contributed by atoms with Crippen molar-refractivity contribution in [3.8, 4) is 5.69 Å². The van der Waals surface area contributed by atoms with Crippen molar-refractivity contribution >= 4 is 12.1 Å². The smallest absolute Gasteiger partial charge is 0.240 e. The van der Waals surface area contributed by atoms with E-state index in [0.29, 0.717) is 6.42 Å². The number of nitrogens with zero attached hydrogens (tertiary/aromatic N) is 2. The Hall–Kier alpha value is -3.18. The topological polar surface area (TPSA) is 66.6 Å². The van der Waals surface area contributed by atoms with Crippen LogP contribution in [-0.4, -0.2) is 21.8 Å². The van der Waals surface area contributed by atoms with Gasteiger partial charge in [-0.3, -0.25) is 4.79 Å². The molecular weight excluding hydrogens is 374 g/mol. The minimum absolute atomic E-state index is 0.203. The third-order valence-electron chi connectivity index (χ3n) is 5.16. The lowest BCUT2D eigenvalue weighted by Crippen LogP contribution is -2.18. The minimum Gasteiger partial charge on any atom is -0.388 e. The average Bonchev–Trinajstić information content (AvgIpc) is 2.99. The summed E-state index contributed by atoms with van der Waals surface area (Å²) in [5.74, 6) is -0.218. The van der Waals surface area contributed by atoms with E-state index in [1.165, 1.54) is 11.1 Å². The first-order valence-electron chi connectivity index (χ1n) is 10.2. The van der Waals surface area contributed by atoms with Crippen LogP contribution in [0.15, 0.2) is 59.7 Å². The summed E-state index contributed by atoms with van der Waals surface area (Å²) >= 11 is 0. The Morgan fingerprint density at radius 1 is 1.07 bits per heavy atom. The Morgan fingerprint density at radius 2 is 1.73 bits per heavy atom. The molecule has 0 saturated heterocycles. The Labute approximate surface area is 178 Å². The maximum Gasteiger partial charge on any atom is 0.240 e. The lowest BCUT2D eigenvalue weighted by atomic mass is 10.1. The molecule has 1 heterocycles. The maximum atomic E-state index is 12.1. The first-order chi connectivity index (χ1) is 14.3. The first kappa shape index (κ1) is 21.5. The second-order valence-electron chi connectivity index (χ2n) is 7.77. The van der Waals surface area contributed by atoms with Crippen molar-refractivity contribution in [3.63, 3.8) is 0 Å². The van der Waals surface area contributed by atoms with Gasteiger partial charge in [-0.05, 0) is 69.0 Å². The van der Waals surface area contributed by atoms with Gasteiger partial charge in [0, 0.05) is 29.1 Å². The van der Waals surface area contributed by atoms with Gasteiger partial charge in [0.25, 0.3) is 0 Å². The number of carbonyl (C=O) groups excluding carboxylic acids is 1. The van der Waals surface area contributed by atoms with E-state index in [9.17, 15) is 9.90 Å². The van der Waals surface area contributed by atoms with Crippen molar-refractivity contribution in [1.82, 2.24) is 9.99 Å². The van der Waals surface area contributed by atoms with E-state index >= 15 is 0 Å². The molecule has 156 valence electrons. The van der Waals surface area contributed by atoms with Crippen molar-refractivity contribution in [2.24, 2.45) is 5.10 Å². The van der Waals surface area contributed by atoms with Gasteiger partial charge in [-0.2, -0.15) is 5.10 Å². The second kappa shape index (κ2) is 9.55. The average molecular weight is 404 g/mol. The number of aliphatic hydroxyl groups is 1. The minimum atomic E-state index is -0.655. The van der Waals surface area contributed by atoms with Crippen LogP contribution in [0.5, 0.6) is 0 Å². The van der Waals surface area contributed by atoms with Gasteiger partial charge >= 0.3 is 0 Å². The molecule has 0 bridgehead atoms. The number of hydrogen-bond acceptors (Lipinski definition) is 3. The highest BCUT2D eigenvalue weighted by atomic mass is 16.3. The molecule has 0 saturated carbocycles. The van der Waals surface area contributed by atoms with E-state index in [1.54, 1.807) is 6.21 Å². The van der Waals surface area contributed by atoms with Gasteiger partial charge in [-0.15, -0.1) is 0 Å². The molecule has 3 aromatic rings. The van der Waals surface area contributed by atoms with Crippen molar-refractivity contribution in [3.05, 3.63) is 88.2 Å². The molecular formula is C25H29N3O2. The summed E-state index contributed by atoms with van der Waals surface area (Å²) in [6, 6.07) is 17.9. The molecule has 0 radical (unpaired) electrons. The fourth-order valence-corrected chi connectivity index (χ4v) is 3.73. The van der Waals surface area contributed by atoms with E-state index in [4.69, 9.17) is 0 Å². The van der Waals surface area contributed by atoms with Crippen LogP contribution in [0.2, 0.25) is 0 Å². The molecule has 1 atom stereocenters. The number of hydrazone groups is 1. The van der Waals surface area contributed by atoms with Crippen molar-refractivity contribution < 1.29 is 9.90 Å². The molecule has 2 aromatic carbocycles. The van der Waals surface area contributed by atoms with Crippen LogP contribution in [0.4, 0.5) is 0 Å². The number of aryl methyl sites for hydroxylation is 3. The molecule has 0 aliphatic heterocycles. The van der Waals surface area contributed by atoms with E-state index in [1.807, 2.05) is 37.3 Å². The fraction of sp³-hybridized carbons (Fsp3) is 0.280. The molecule has 1 aromatic heterocycles. The summed E-state index contributed by atoms with van der Waals surface area (Å²) in [6.07, 6.45) is 1.58. The van der Waals surface area contributed by atoms with Crippen molar-refractivity contribution in [2.45, 2.75) is 46.6 Å². The van der Waals surface area contributed by atoms with Crippen LogP contribution in [0.1, 0.15) is 52.6 Å². The summed E-state index contributed by atoms with van der Waals surface area (Å²) in [5.41, 5.74) is 10.1. The standard InChI is InChI=1S/C25H29N3O2/c1-17-12-18(2)14-23(13-17)28-19(3)15-22(20(28)4)16-26-27-25(30)11-10-24(29)21-8-6-5-7-9-21/h5-9,12-16,24,29H,10-11H2,1-4H3,(H,27,30)/b26-16-/t24-/m1/s1. The van der Waals surface area contributed by atoms with E-state index < -0.39 is 6.10 Å². The van der Waals surface area contributed by atoms with Crippen molar-refractivity contribution in [2.75, 3.05) is 0 Å². The van der Waals surface area contributed by atoms with Gasteiger partial charge in [0.15, 0.2) is 0 Å². The Morgan fingerprint density at radius 3 is 2.40 bits per heavy atom. The normalized spacial score (nSPS) is 12.3. The molecule has 5 heteroatoms. The molecule has 2 N–H and O–H groups in total. The Kier molecular flexibility index (Phi) is 6.85. The number of benzene rings is 2. The zero-order chi connectivity index (χ0) is 21.7. The van der Waals surface area contributed by atoms with Gasteiger partial charge in [-0.25, -0.2) is 5.43 Å². The van der Waals surface area contributed by atoms with Crippen LogP contribution in [0.25, 0.3) is 5.69 Å². The number of rotatable bonds is 7. The van der Waals surface area contributed by atoms with Crippen LogP contribution >= 0.6 is 0 Å². The molecule has 1 amide bonds. The number of amides is 1. The lowest BCUT2D eigenvalue weighted by molar-refractivity contribution is -0.121. The number of aliphatic hydroxyl groups excluding tert-OH is 1. The quantitative estimate of drug-likeness (QED) is 0.444. The Bertz CT molecular complexity index is 1030. The number of hydrogen-bond donors (Lipinski definition) is 2. The predicted octanol–water partition coefficient (Wildman–Crippen LogP) is 4.67. The molecule has 5 nitrogen and oxygen atoms in total. The molecule has 0 aliphatic carbocycles. The lowest BCUT2D eigenvalue weighted by Gasteiger charge is -2.11. The van der Waals surface area contributed by atoms with Crippen LogP contribution < -0.4 is 5.43 Å². The molecule has 30 heavy (non-hydrogen) atoms. The van der Waals surface area contributed by atoms with E-state index in [-0.39, 0.29) is 12.3 Å². The zero-order valence-electron chi connectivity index (χ0n) is 18.0. The molecule has 0 fully saturated rings. The third-order valence-corrected chi connectivity index (χ3v) is 5.16. The maximum absolute atomic E-state index is 12.1. The molecule has 0 spiro atoms. The van der Waals surface area contributed by atoms with Crippen LogP contribution in [0, 0.1) is 27.7 Å². The third kappa shape index (κ3) is 5.24. The van der Waals surface area contributed by atoms with Crippen LogP contribution in [-0.2, 0) is 4.79 Å². The Balaban J connectivity index is 1.62. The summed E-state index contributed by atoms with van der Waals surface area (Å²) in [7, 11) is 0. The fourth-order valence-electron chi connectivity index (χ4n) is 3.73. The number of aromatic nitrogens is 1. The summed E-state index contributed by atoms with van der Waals surface area (Å²) in [4.78, 5) is 12.1. The van der Waals surface area contributed by atoms with E-state index in [2.05, 4.69) is 60.1 Å². The molecule has 0 unspecified atom stereocenters. The van der Waals surface area contributed by atoms with Gasteiger partial charge < -0.3 is 9.67 Å². The van der Waals surface area contributed by atoms with Gasteiger partial charge in [-0.1, -0.05) is 36.4 Å². The number of carbonyl (C=O) groups is 1. The second-order valence-corrected chi connectivity index (χ2v) is 7.77. The number of nitrogens with one attached hydrogen (secondary N) is 1. The predicted molar refractivity (Wildman–Crippen MR) is 121 cm³/mol. The molecule has 3 rings (SSSR count). The first-order valence-corrected chi connectivity index (χ1v) is 10.2. The highest BCUT2D eigenvalue weighted by molar-refractivity contribution is 5.84. The highest BCUT2D eigenvalue weighted by Crippen LogP contribution is 2.22. The molecule has 0 aliphatic rings. The van der Waals surface area contributed by atoms with Gasteiger partial charge in [0.05, 0.1) is 12.3 Å². The summed E-state index contributed by atoms with van der Waals surface area (Å²) in [5, 5.41) is 14.3. The monoisotopic (exact) mass is 403 g/mol. The summed E-state index contributed by atoms with van der Waals surface area (Å²) in [6.45, 7) is 8.30. The highest BCUT2D eigenvalue weighted by Gasteiger charge is 2.11. The van der Waals surface area contributed by atoms with Crippen molar-refractivity contribution in [1.29, 1.82) is 0 Å². The zero-order valence-corrected chi connectivity index (χ0v) is 18.0.